The number of anilines is 1. The van der Waals surface area contributed by atoms with Crippen LogP contribution in [-0.4, -0.2) is 111 Å². The van der Waals surface area contributed by atoms with E-state index < -0.39 is 18.8 Å². The molecule has 36 heavy (non-hydrogen) atoms. The van der Waals surface area contributed by atoms with E-state index in [1.54, 1.807) is 18.2 Å². The van der Waals surface area contributed by atoms with Crippen molar-refractivity contribution in [3.8, 4) is 0 Å². The van der Waals surface area contributed by atoms with Gasteiger partial charge in [-0.1, -0.05) is 5.16 Å². The van der Waals surface area contributed by atoms with Crippen LogP contribution in [0.25, 0.3) is 0 Å². The molecule has 2 amide bonds. The molecule has 0 bridgehead atoms. The van der Waals surface area contributed by atoms with E-state index in [4.69, 9.17) is 11.1 Å². The molecule has 5 N–H and O–H groups in total. The van der Waals surface area contributed by atoms with Gasteiger partial charge in [-0.2, -0.15) is 14.5 Å². The van der Waals surface area contributed by atoms with E-state index in [2.05, 4.69) is 35.1 Å². The van der Waals surface area contributed by atoms with Gasteiger partial charge in [0, 0.05) is 61.8 Å². The highest BCUT2D eigenvalue weighted by Gasteiger charge is 2.51. The third kappa shape index (κ3) is 5.26. The Kier molecular flexibility index (Phi) is 8.00. The van der Waals surface area contributed by atoms with Crippen molar-refractivity contribution < 1.29 is 18.8 Å². The fraction of sp³-hybridized carbons (Fsp3) is 0.526. The summed E-state index contributed by atoms with van der Waals surface area (Å²) in [6.45, 7) is 3.69. The van der Waals surface area contributed by atoms with E-state index in [1.807, 2.05) is 11.8 Å². The Morgan fingerprint density at radius 3 is 2.89 bits per heavy atom. The highest BCUT2D eigenvalue weighted by molar-refractivity contribution is 8.00. The fourth-order valence-electron chi connectivity index (χ4n) is 3.80. The molecule has 0 saturated carbocycles. The van der Waals surface area contributed by atoms with Crippen LogP contribution in [0.2, 0.25) is 0 Å². The molecule has 4 rings (SSSR count). The molecule has 4 heterocycles. The SMILES string of the molecule is CC1=C(/C=N/N(C)C(=N)N2CCNCC2)CS[C@@H]2[C@H](NC(=O)/C(=N\OCF)c3nsc(N)n3)C(=O)N12. The lowest BCUT2D eigenvalue weighted by Crippen LogP contribution is -2.70. The maximum atomic E-state index is 12.9. The van der Waals surface area contributed by atoms with Crippen LogP contribution in [0.15, 0.2) is 21.5 Å². The first-order valence-corrected chi connectivity index (χ1v) is 12.8. The minimum atomic E-state index is -1.25. The zero-order valence-corrected chi connectivity index (χ0v) is 21.2. The second-order valence-electron chi connectivity index (χ2n) is 7.93. The highest BCUT2D eigenvalue weighted by atomic mass is 32.2. The molecule has 3 aliphatic heterocycles. The molecule has 1 aromatic heterocycles. The zero-order chi connectivity index (χ0) is 25.8. The number of oxime groups is 1. The number of nitrogen functional groups attached to an aromatic ring is 1. The lowest BCUT2D eigenvalue weighted by Gasteiger charge is -2.49. The predicted molar refractivity (Wildman–Crippen MR) is 134 cm³/mol. The van der Waals surface area contributed by atoms with Crippen molar-refractivity contribution in [2.75, 3.05) is 51.6 Å². The summed E-state index contributed by atoms with van der Waals surface area (Å²) in [6.07, 6.45) is 1.66. The smallest absolute Gasteiger partial charge is 0.278 e. The molecule has 2 saturated heterocycles. The standard InChI is InChI=1S/C19H26FN11O3S2/c1-10-11(7-24-29(2)19(22)30-5-3-23-4-6-30)8-35-17-13(16(33)31(10)17)25-15(32)12(27-34-9-20)14-26-18(21)36-28-14/h7,13,17,22-23H,3-6,8-9H2,1-2H3,(H,25,32)(H2,21,26,28)/b22-19?,24-7+,27-12-/t13-,17-/m1/s1. The van der Waals surface area contributed by atoms with E-state index in [9.17, 15) is 14.0 Å². The van der Waals surface area contributed by atoms with E-state index in [0.29, 0.717) is 11.7 Å². The number of nitrogens with zero attached hydrogens (tertiary/aromatic N) is 7. The largest absolute Gasteiger partial charge is 0.374 e. The molecule has 0 spiro atoms. The van der Waals surface area contributed by atoms with Crippen LogP contribution in [0, 0.1) is 5.41 Å². The summed E-state index contributed by atoms with van der Waals surface area (Å²) >= 11 is 2.31. The molecule has 0 radical (unpaired) electrons. The second-order valence-corrected chi connectivity index (χ2v) is 9.82. The van der Waals surface area contributed by atoms with E-state index in [0.717, 1.165) is 49.0 Å². The zero-order valence-electron chi connectivity index (χ0n) is 19.6. The van der Waals surface area contributed by atoms with Gasteiger partial charge in [-0.15, -0.1) is 11.8 Å². The summed E-state index contributed by atoms with van der Waals surface area (Å²) < 4.78 is 16.4. The normalized spacial score (nSPS) is 22.4. The third-order valence-electron chi connectivity index (χ3n) is 5.75. The lowest BCUT2D eigenvalue weighted by molar-refractivity contribution is -0.144. The fourth-order valence-corrected chi connectivity index (χ4v) is 5.65. The average Bonchev–Trinajstić information content (AvgIpc) is 3.31. The number of β-lactam (4-membered cyclic amide) rings is 1. The number of guanidine groups is 1. The number of carbonyl (C=O) groups excluding carboxylic acids is 2. The number of thioether (sulfide) groups is 1. The van der Waals surface area contributed by atoms with Gasteiger partial charge in [0.15, 0.2) is 5.13 Å². The number of alkyl halides is 1. The number of allylic oxidation sites excluding steroid dienone is 1. The minimum Gasteiger partial charge on any atom is -0.374 e. The van der Waals surface area contributed by atoms with Crippen LogP contribution in [0.1, 0.15) is 12.7 Å². The molecule has 194 valence electrons. The quantitative estimate of drug-likeness (QED) is 0.148. The van der Waals surface area contributed by atoms with Gasteiger partial charge < -0.3 is 26.1 Å². The number of nitrogens with two attached hydrogens (primary N) is 1. The molecule has 2 atom stereocenters. The second kappa shape index (κ2) is 11.2. The number of hydrogen-bond acceptors (Lipinski definition) is 12. The van der Waals surface area contributed by atoms with Crippen molar-refractivity contribution in [3.63, 3.8) is 0 Å². The summed E-state index contributed by atoms with van der Waals surface area (Å²) in [5.41, 5.74) is 6.76. The number of nitrogens with one attached hydrogen (secondary N) is 3. The van der Waals surface area contributed by atoms with Crippen molar-refractivity contribution in [2.24, 2.45) is 10.3 Å². The maximum absolute atomic E-state index is 12.9. The first-order chi connectivity index (χ1) is 17.3. The van der Waals surface area contributed by atoms with Crippen LogP contribution in [0.4, 0.5) is 9.52 Å². The van der Waals surface area contributed by atoms with E-state index >= 15 is 0 Å². The van der Waals surface area contributed by atoms with Gasteiger partial charge in [0.05, 0.1) is 6.21 Å². The van der Waals surface area contributed by atoms with Crippen LogP contribution in [0.3, 0.4) is 0 Å². The molecular weight excluding hydrogens is 513 g/mol. The van der Waals surface area contributed by atoms with Gasteiger partial charge in [0.1, 0.15) is 11.4 Å². The average molecular weight is 540 g/mol. The molecule has 0 unspecified atom stereocenters. The Hall–Kier alpha value is -3.31. The molecule has 0 aromatic carbocycles. The minimum absolute atomic E-state index is 0.100. The summed E-state index contributed by atoms with van der Waals surface area (Å²) in [4.78, 5) is 37.5. The number of carbonyl (C=O) groups is 2. The number of aromatic nitrogens is 2. The van der Waals surface area contributed by atoms with Crippen LogP contribution in [0.5, 0.6) is 0 Å². The maximum Gasteiger partial charge on any atom is 0.278 e. The lowest BCUT2D eigenvalue weighted by atomic mass is 10.0. The third-order valence-corrected chi connectivity index (χ3v) is 7.59. The van der Waals surface area contributed by atoms with Crippen molar-refractivity contribution >= 4 is 58.1 Å². The van der Waals surface area contributed by atoms with Crippen molar-refractivity contribution in [1.29, 1.82) is 5.41 Å². The molecule has 17 heteroatoms. The van der Waals surface area contributed by atoms with Gasteiger partial charge in [-0.05, 0) is 6.92 Å². The number of amides is 2. The number of halogens is 1. The first-order valence-electron chi connectivity index (χ1n) is 10.9. The van der Waals surface area contributed by atoms with Crippen molar-refractivity contribution in [3.05, 3.63) is 17.1 Å². The Morgan fingerprint density at radius 1 is 1.47 bits per heavy atom. The van der Waals surface area contributed by atoms with E-state index in [-0.39, 0.29) is 27.9 Å². The number of hydrazone groups is 1. The van der Waals surface area contributed by atoms with Crippen LogP contribution >= 0.6 is 23.3 Å². The summed E-state index contributed by atoms with van der Waals surface area (Å²) in [7, 11) is 1.71. The highest BCUT2D eigenvalue weighted by Crippen LogP contribution is 2.39. The summed E-state index contributed by atoms with van der Waals surface area (Å²) in [5.74, 6) is -0.334. The molecule has 1 aromatic rings. The Bertz CT molecular complexity index is 1120. The van der Waals surface area contributed by atoms with Gasteiger partial charge >= 0.3 is 0 Å². The van der Waals surface area contributed by atoms with Gasteiger partial charge in [0.25, 0.3) is 18.7 Å². The predicted octanol–water partition coefficient (Wildman–Crippen LogP) is -0.801. The number of hydrogen-bond donors (Lipinski definition) is 4. The first kappa shape index (κ1) is 25.8. The molecular formula is C19H26FN11O3S2. The Morgan fingerprint density at radius 2 is 2.22 bits per heavy atom. The Balaban J connectivity index is 1.40. The topological polar surface area (TPSA) is 178 Å². The van der Waals surface area contributed by atoms with Gasteiger partial charge in [0.2, 0.25) is 17.5 Å². The molecule has 0 aliphatic carbocycles. The van der Waals surface area contributed by atoms with Crippen LogP contribution < -0.4 is 16.4 Å². The van der Waals surface area contributed by atoms with E-state index in [1.165, 1.54) is 16.8 Å². The summed E-state index contributed by atoms with van der Waals surface area (Å²) in [5, 5.41) is 23.3. The number of rotatable bonds is 7. The van der Waals surface area contributed by atoms with Gasteiger partial charge in [-0.3, -0.25) is 19.9 Å². The molecule has 3 aliphatic rings. The van der Waals surface area contributed by atoms with Gasteiger partial charge in [-0.25, -0.2) is 9.40 Å². The monoisotopic (exact) mass is 539 g/mol. The van der Waals surface area contributed by atoms with Crippen LogP contribution in [-0.2, 0) is 14.4 Å². The summed E-state index contributed by atoms with van der Waals surface area (Å²) in [6, 6.07) is -0.814. The van der Waals surface area contributed by atoms with Crippen molar-refractivity contribution in [2.45, 2.75) is 18.3 Å². The number of fused-ring (bicyclic) bond motifs is 1. The Labute approximate surface area is 214 Å². The number of piperazine rings is 1. The molecule has 2 fully saturated rings. The van der Waals surface area contributed by atoms with Crippen molar-refractivity contribution in [1.82, 2.24) is 34.8 Å². The molecule has 14 nitrogen and oxygen atoms in total.